The molecular formula is C26H42O11. The van der Waals surface area contributed by atoms with Crippen LogP contribution in [-0.2, 0) is 28.6 Å². The molecular weight excluding hydrogens is 488 g/mol. The van der Waals surface area contributed by atoms with Crippen LogP contribution >= 0.6 is 0 Å². The summed E-state index contributed by atoms with van der Waals surface area (Å²) < 4.78 is 17.0. The van der Waals surface area contributed by atoms with Crippen LogP contribution in [0.3, 0.4) is 0 Å². The Labute approximate surface area is 218 Å². The summed E-state index contributed by atoms with van der Waals surface area (Å²) in [6, 6.07) is 0. The van der Waals surface area contributed by atoms with Crippen LogP contribution in [0.5, 0.6) is 0 Å². The van der Waals surface area contributed by atoms with E-state index in [1.54, 1.807) is 0 Å². The predicted octanol–water partition coefficient (Wildman–Crippen LogP) is 0.717. The topological polar surface area (TPSA) is 180 Å². The van der Waals surface area contributed by atoms with Crippen LogP contribution in [0.15, 0.2) is 38.0 Å². The fourth-order valence-corrected chi connectivity index (χ4v) is 4.43. The van der Waals surface area contributed by atoms with Crippen molar-refractivity contribution in [3.05, 3.63) is 38.0 Å². The molecule has 0 saturated heterocycles. The molecule has 0 rings (SSSR count). The van der Waals surface area contributed by atoms with Gasteiger partial charge in [0.1, 0.15) is 23.7 Å². The second-order valence-electron chi connectivity index (χ2n) is 8.37. The minimum atomic E-state index is -1.86. The molecule has 0 aliphatic rings. The first-order chi connectivity index (χ1) is 17.7. The zero-order chi connectivity index (χ0) is 28.3. The second kappa shape index (κ2) is 19.5. The molecule has 5 N–H and O–H groups in total. The number of esters is 3. The van der Waals surface area contributed by atoms with E-state index in [1.165, 1.54) is 0 Å². The van der Waals surface area contributed by atoms with E-state index < -0.39 is 47.7 Å². The van der Waals surface area contributed by atoms with Crippen LogP contribution < -0.4 is 0 Å². The average molecular weight is 531 g/mol. The quantitative estimate of drug-likeness (QED) is 0.0756. The summed E-state index contributed by atoms with van der Waals surface area (Å²) in [4.78, 5) is 37.3. The van der Waals surface area contributed by atoms with Crippen LogP contribution in [0.1, 0.15) is 51.4 Å². The first kappa shape index (κ1) is 34.4. The normalized spacial score (nSPS) is 15.8. The lowest BCUT2D eigenvalue weighted by Crippen LogP contribution is -2.63. The van der Waals surface area contributed by atoms with Gasteiger partial charge >= 0.3 is 17.9 Å². The monoisotopic (exact) mass is 530 g/mol. The first-order valence-corrected chi connectivity index (χ1v) is 12.3. The molecule has 0 aromatic carbocycles. The van der Waals surface area contributed by atoms with Crippen molar-refractivity contribution in [3.8, 4) is 0 Å². The maximum atomic E-state index is 12.4. The zero-order valence-electron chi connectivity index (χ0n) is 21.3. The van der Waals surface area contributed by atoms with Gasteiger partial charge in [-0.15, -0.1) is 0 Å². The highest BCUT2D eigenvalue weighted by atomic mass is 16.6. The highest BCUT2D eigenvalue weighted by Gasteiger charge is 2.60. The molecule has 0 saturated carbocycles. The summed E-state index contributed by atoms with van der Waals surface area (Å²) in [5.41, 5.74) is -1.86. The number of aliphatic hydroxyl groups excluding tert-OH is 5. The summed E-state index contributed by atoms with van der Waals surface area (Å²) in [7, 11) is 0. The van der Waals surface area contributed by atoms with Gasteiger partial charge < -0.3 is 39.7 Å². The van der Waals surface area contributed by atoms with Crippen LogP contribution in [-0.4, -0.2) is 94.3 Å². The maximum Gasteiger partial charge on any atom is 0.330 e. The summed E-state index contributed by atoms with van der Waals surface area (Å²) in [5.74, 6) is -2.64. The van der Waals surface area contributed by atoms with Gasteiger partial charge in [0.25, 0.3) is 0 Å². The Morgan fingerprint density at radius 2 is 0.865 bits per heavy atom. The lowest BCUT2D eigenvalue weighted by atomic mass is 9.63. The van der Waals surface area contributed by atoms with Crippen molar-refractivity contribution in [1.82, 2.24) is 0 Å². The van der Waals surface area contributed by atoms with E-state index in [-0.39, 0.29) is 77.8 Å². The van der Waals surface area contributed by atoms with Gasteiger partial charge in [-0.3, -0.25) is 0 Å². The first-order valence-electron chi connectivity index (χ1n) is 12.3. The highest BCUT2D eigenvalue weighted by molar-refractivity contribution is 5.82. The number of carbonyl (C=O) groups excluding carboxylic acids is 3. The van der Waals surface area contributed by atoms with E-state index in [0.717, 1.165) is 18.2 Å². The van der Waals surface area contributed by atoms with Gasteiger partial charge in [-0.1, -0.05) is 19.7 Å². The molecule has 0 fully saturated rings. The summed E-state index contributed by atoms with van der Waals surface area (Å²) in [5, 5.41) is 49.9. The lowest BCUT2D eigenvalue weighted by Gasteiger charge is -2.51. The van der Waals surface area contributed by atoms with Gasteiger partial charge in [-0.25, -0.2) is 14.4 Å². The third-order valence-electron chi connectivity index (χ3n) is 6.03. The fraction of sp³-hybridized carbons (Fsp3) is 0.654. The van der Waals surface area contributed by atoms with Crippen molar-refractivity contribution in [2.24, 2.45) is 5.41 Å². The number of carbonyl (C=O) groups is 3. The van der Waals surface area contributed by atoms with Crippen molar-refractivity contribution >= 4 is 17.9 Å². The van der Waals surface area contributed by atoms with E-state index in [2.05, 4.69) is 19.7 Å². The van der Waals surface area contributed by atoms with E-state index in [9.17, 15) is 39.9 Å². The minimum absolute atomic E-state index is 0.0468. The number of rotatable bonds is 22. The zero-order valence-corrected chi connectivity index (χ0v) is 21.3. The Balaban J connectivity index is 7.46. The molecule has 0 heterocycles. The standard InChI is InChI=1S/C26H42O11/c1-4-23(32)35-20(12-8-16-28)26(19(31)11-7-15-27,21(13-9-17-29)36-24(33)5-2)22(14-10-18-30)37-25(34)6-3/h4-6,19-22,27-31H,1-3,7-18H2. The average Bonchev–Trinajstić information content (AvgIpc) is 2.90. The van der Waals surface area contributed by atoms with Crippen LogP contribution in [0, 0.1) is 5.41 Å². The smallest absolute Gasteiger partial charge is 0.330 e. The molecule has 0 amide bonds. The van der Waals surface area contributed by atoms with E-state index in [0.29, 0.717) is 0 Å². The summed E-state index contributed by atoms with van der Waals surface area (Å²) >= 11 is 0. The molecule has 0 aromatic heterocycles. The van der Waals surface area contributed by atoms with Crippen LogP contribution in [0.4, 0.5) is 0 Å². The van der Waals surface area contributed by atoms with E-state index in [1.807, 2.05) is 0 Å². The minimum Gasteiger partial charge on any atom is -0.458 e. The fourth-order valence-electron chi connectivity index (χ4n) is 4.43. The number of aliphatic hydroxyl groups is 5. The largest absolute Gasteiger partial charge is 0.458 e. The van der Waals surface area contributed by atoms with E-state index in [4.69, 9.17) is 14.2 Å². The predicted molar refractivity (Wildman–Crippen MR) is 134 cm³/mol. The van der Waals surface area contributed by atoms with Crippen molar-refractivity contribution in [3.63, 3.8) is 0 Å². The SMILES string of the molecule is C=CC(=O)OC(CCCO)C(C(O)CCCO)(C(CCCO)OC(=O)C=C)C(CCCO)OC(=O)C=C. The molecule has 0 spiro atoms. The van der Waals surface area contributed by atoms with Gasteiger partial charge in [0.05, 0.1) is 6.10 Å². The van der Waals surface area contributed by atoms with E-state index >= 15 is 0 Å². The Morgan fingerprint density at radius 1 is 0.595 bits per heavy atom. The molecule has 0 radical (unpaired) electrons. The molecule has 11 heteroatoms. The highest BCUT2D eigenvalue weighted by Crippen LogP contribution is 2.47. The summed E-state index contributed by atoms with van der Waals surface area (Å²) in [6.07, 6.45) is -2.58. The van der Waals surface area contributed by atoms with Gasteiger partial charge in [-0.2, -0.15) is 0 Å². The van der Waals surface area contributed by atoms with Crippen molar-refractivity contribution < 1.29 is 54.1 Å². The molecule has 0 aliphatic heterocycles. The number of hydrogen-bond acceptors (Lipinski definition) is 11. The second-order valence-corrected chi connectivity index (χ2v) is 8.37. The van der Waals surface area contributed by atoms with Gasteiger partial charge in [-0.05, 0) is 51.4 Å². The molecule has 11 nitrogen and oxygen atoms in total. The third-order valence-corrected chi connectivity index (χ3v) is 6.03. The van der Waals surface area contributed by atoms with Gasteiger partial charge in [0.2, 0.25) is 0 Å². The Kier molecular flexibility index (Phi) is 18.2. The van der Waals surface area contributed by atoms with Crippen molar-refractivity contribution in [1.29, 1.82) is 0 Å². The molecule has 212 valence electrons. The van der Waals surface area contributed by atoms with Crippen molar-refractivity contribution in [2.45, 2.75) is 75.8 Å². The third kappa shape index (κ3) is 10.7. The number of hydrogen-bond donors (Lipinski definition) is 5. The van der Waals surface area contributed by atoms with Crippen LogP contribution in [0.25, 0.3) is 0 Å². The Bertz CT molecular complexity index is 638. The maximum absolute atomic E-state index is 12.4. The van der Waals surface area contributed by atoms with Crippen LogP contribution in [0.2, 0.25) is 0 Å². The number of ether oxygens (including phenoxy) is 3. The Morgan fingerprint density at radius 3 is 1.11 bits per heavy atom. The molecule has 4 atom stereocenters. The van der Waals surface area contributed by atoms with Gasteiger partial charge in [0, 0.05) is 44.7 Å². The van der Waals surface area contributed by atoms with Gasteiger partial charge in [0.15, 0.2) is 0 Å². The Hall–Kier alpha value is -2.57. The lowest BCUT2D eigenvalue weighted by molar-refractivity contribution is -0.228. The molecule has 0 aromatic rings. The molecule has 0 aliphatic carbocycles. The van der Waals surface area contributed by atoms with Crippen molar-refractivity contribution in [2.75, 3.05) is 26.4 Å². The summed E-state index contributed by atoms with van der Waals surface area (Å²) in [6.45, 7) is 8.96. The molecule has 0 bridgehead atoms. The molecule has 4 unspecified atom stereocenters. The molecule has 37 heavy (non-hydrogen) atoms.